The second-order valence-corrected chi connectivity index (χ2v) is 3.49. The minimum Gasteiger partial charge on any atom is -0.317 e. The Morgan fingerprint density at radius 2 is 1.23 bits per heavy atom. The van der Waals surface area contributed by atoms with E-state index in [2.05, 4.69) is 10.6 Å². The Morgan fingerprint density at radius 3 is 1.77 bits per heavy atom. The molecular formula is C9H20N3O. The van der Waals surface area contributed by atoms with Crippen LogP contribution < -0.4 is 10.6 Å². The van der Waals surface area contributed by atoms with E-state index in [-0.39, 0.29) is 0 Å². The summed E-state index contributed by atoms with van der Waals surface area (Å²) in [5.41, 5.74) is 0. The average Bonchev–Trinajstić information content (AvgIpc) is 2.11. The highest BCUT2D eigenvalue weighted by molar-refractivity contribution is 4.57. The maximum absolute atomic E-state index is 11.2. The van der Waals surface area contributed by atoms with Crippen molar-refractivity contribution >= 4 is 0 Å². The van der Waals surface area contributed by atoms with Crippen molar-refractivity contribution in [2.45, 2.75) is 19.3 Å². The second-order valence-electron chi connectivity index (χ2n) is 3.49. The van der Waals surface area contributed by atoms with Crippen LogP contribution in [0.1, 0.15) is 19.3 Å². The molecule has 1 heterocycles. The van der Waals surface area contributed by atoms with Crippen LogP contribution in [0.3, 0.4) is 0 Å². The predicted octanol–water partition coefficient (Wildman–Crippen LogP) is -0.00300. The van der Waals surface area contributed by atoms with E-state index >= 15 is 0 Å². The fraction of sp³-hybridized carbons (Fsp3) is 1.00. The van der Waals surface area contributed by atoms with Gasteiger partial charge in [0.15, 0.2) is 0 Å². The number of rotatable bonds is 0. The molecule has 1 saturated heterocycles. The molecule has 0 aromatic carbocycles. The van der Waals surface area contributed by atoms with Crippen molar-refractivity contribution in [3.63, 3.8) is 0 Å². The van der Waals surface area contributed by atoms with E-state index in [1.165, 1.54) is 11.5 Å². The first-order valence-corrected chi connectivity index (χ1v) is 5.23. The second kappa shape index (κ2) is 7.26. The molecule has 0 aromatic heterocycles. The summed E-state index contributed by atoms with van der Waals surface area (Å²) in [4.78, 5) is 0. The van der Waals surface area contributed by atoms with Gasteiger partial charge in [-0.05, 0) is 45.4 Å². The molecule has 4 heteroatoms. The Balaban J connectivity index is 2.11. The zero-order valence-corrected chi connectivity index (χ0v) is 8.22. The summed E-state index contributed by atoms with van der Waals surface area (Å²) in [6.45, 7) is 5.41. The van der Waals surface area contributed by atoms with Crippen LogP contribution in [0.2, 0.25) is 0 Å². The monoisotopic (exact) mass is 186 g/mol. The van der Waals surface area contributed by atoms with Gasteiger partial charge in [-0.3, -0.25) is 0 Å². The number of hydrogen-bond donors (Lipinski definition) is 2. The first-order valence-electron chi connectivity index (χ1n) is 5.23. The molecule has 0 unspecified atom stereocenters. The summed E-state index contributed by atoms with van der Waals surface area (Å²) < 4.78 is 0. The molecule has 13 heavy (non-hydrogen) atoms. The first kappa shape index (κ1) is 10.9. The predicted molar refractivity (Wildman–Crippen MR) is 51.8 cm³/mol. The maximum Gasteiger partial charge on any atom is 0.0283 e. The van der Waals surface area contributed by atoms with Crippen LogP contribution in [0.5, 0.6) is 0 Å². The Kier molecular flexibility index (Phi) is 6.10. The summed E-state index contributed by atoms with van der Waals surface area (Å²) in [6, 6.07) is 0. The van der Waals surface area contributed by atoms with Crippen molar-refractivity contribution in [1.82, 2.24) is 15.7 Å². The van der Waals surface area contributed by atoms with Gasteiger partial charge in [-0.25, -0.2) is 0 Å². The summed E-state index contributed by atoms with van der Waals surface area (Å²) in [5.74, 6) is 0. The topological polar surface area (TPSA) is 47.2 Å². The highest BCUT2D eigenvalue weighted by Gasteiger charge is 2.02. The van der Waals surface area contributed by atoms with Gasteiger partial charge < -0.3 is 10.6 Å². The van der Waals surface area contributed by atoms with Crippen LogP contribution in [-0.4, -0.2) is 44.3 Å². The third-order valence-electron chi connectivity index (χ3n) is 2.23. The number of hydroxylamine groups is 2. The third-order valence-corrected chi connectivity index (χ3v) is 2.23. The normalized spacial score (nSPS) is 24.7. The van der Waals surface area contributed by atoms with E-state index < -0.39 is 0 Å². The molecule has 1 aliphatic rings. The van der Waals surface area contributed by atoms with Gasteiger partial charge in [-0.2, -0.15) is 5.06 Å². The highest BCUT2D eigenvalue weighted by atomic mass is 16.5. The van der Waals surface area contributed by atoms with Gasteiger partial charge in [0, 0.05) is 13.1 Å². The SMILES string of the molecule is [O]N1CCCNCCCNCCC1. The van der Waals surface area contributed by atoms with Crippen LogP contribution >= 0.6 is 0 Å². The highest BCUT2D eigenvalue weighted by Crippen LogP contribution is 1.90. The summed E-state index contributed by atoms with van der Waals surface area (Å²) in [7, 11) is 0. The largest absolute Gasteiger partial charge is 0.317 e. The quantitative estimate of drug-likeness (QED) is 0.559. The molecule has 1 aliphatic heterocycles. The van der Waals surface area contributed by atoms with Gasteiger partial charge in [0.05, 0.1) is 0 Å². The molecule has 2 N–H and O–H groups in total. The number of nitrogens with one attached hydrogen (secondary N) is 2. The molecule has 77 valence electrons. The molecule has 0 amide bonds. The molecular weight excluding hydrogens is 166 g/mol. The first-order chi connectivity index (χ1) is 6.39. The zero-order chi connectivity index (χ0) is 9.36. The van der Waals surface area contributed by atoms with Gasteiger partial charge in [-0.1, -0.05) is 0 Å². The van der Waals surface area contributed by atoms with E-state index in [9.17, 15) is 5.21 Å². The van der Waals surface area contributed by atoms with Crippen LogP contribution in [-0.2, 0) is 5.21 Å². The minimum absolute atomic E-state index is 0.674. The van der Waals surface area contributed by atoms with Crippen molar-refractivity contribution in [1.29, 1.82) is 0 Å². The lowest BCUT2D eigenvalue weighted by molar-refractivity contribution is -0.157. The molecule has 0 aromatic rings. The van der Waals surface area contributed by atoms with Crippen molar-refractivity contribution < 1.29 is 5.21 Å². The van der Waals surface area contributed by atoms with E-state index in [1.807, 2.05) is 0 Å². The van der Waals surface area contributed by atoms with Crippen molar-refractivity contribution in [3.05, 3.63) is 0 Å². The Labute approximate surface area is 80.3 Å². The zero-order valence-electron chi connectivity index (χ0n) is 8.22. The van der Waals surface area contributed by atoms with E-state index in [0.29, 0.717) is 13.1 Å². The molecule has 1 radical (unpaired) electrons. The molecule has 1 rings (SSSR count). The minimum atomic E-state index is 0.674. The molecule has 0 atom stereocenters. The van der Waals surface area contributed by atoms with Gasteiger partial charge >= 0.3 is 0 Å². The number of nitrogens with zero attached hydrogens (tertiary/aromatic N) is 1. The summed E-state index contributed by atoms with van der Waals surface area (Å²) in [5, 5.41) is 19.0. The van der Waals surface area contributed by atoms with E-state index in [0.717, 1.165) is 39.0 Å². The van der Waals surface area contributed by atoms with Gasteiger partial charge in [0.25, 0.3) is 0 Å². The molecule has 4 nitrogen and oxygen atoms in total. The van der Waals surface area contributed by atoms with Gasteiger partial charge in [-0.15, -0.1) is 5.21 Å². The van der Waals surface area contributed by atoms with Gasteiger partial charge in [0.2, 0.25) is 0 Å². The lowest BCUT2D eigenvalue weighted by Crippen LogP contribution is -2.30. The van der Waals surface area contributed by atoms with Crippen LogP contribution in [0.15, 0.2) is 0 Å². The molecule has 0 bridgehead atoms. The standard InChI is InChI=1S/C9H20N3O/c13-12-8-2-6-10-4-1-5-11-7-3-9-12/h10-11H,1-9H2. The van der Waals surface area contributed by atoms with Crippen LogP contribution in [0.4, 0.5) is 0 Å². The van der Waals surface area contributed by atoms with E-state index in [4.69, 9.17) is 0 Å². The van der Waals surface area contributed by atoms with Gasteiger partial charge in [0.1, 0.15) is 0 Å². The molecule has 0 saturated carbocycles. The lowest BCUT2D eigenvalue weighted by Gasteiger charge is -2.14. The summed E-state index contributed by atoms with van der Waals surface area (Å²) in [6.07, 6.45) is 3.12. The summed E-state index contributed by atoms with van der Waals surface area (Å²) >= 11 is 0. The fourth-order valence-corrected chi connectivity index (χ4v) is 1.46. The Bertz CT molecular complexity index is 109. The fourth-order valence-electron chi connectivity index (χ4n) is 1.46. The molecule has 0 aliphatic carbocycles. The van der Waals surface area contributed by atoms with Crippen LogP contribution in [0, 0.1) is 0 Å². The Morgan fingerprint density at radius 1 is 0.769 bits per heavy atom. The number of hydrogen-bond acceptors (Lipinski definition) is 3. The third kappa shape index (κ3) is 5.99. The van der Waals surface area contributed by atoms with Crippen molar-refractivity contribution in [2.75, 3.05) is 39.3 Å². The van der Waals surface area contributed by atoms with Crippen molar-refractivity contribution in [3.8, 4) is 0 Å². The smallest absolute Gasteiger partial charge is 0.0283 e. The lowest BCUT2D eigenvalue weighted by atomic mass is 10.3. The van der Waals surface area contributed by atoms with Crippen molar-refractivity contribution in [2.24, 2.45) is 0 Å². The van der Waals surface area contributed by atoms with E-state index in [1.54, 1.807) is 0 Å². The Hall–Kier alpha value is -0.160. The maximum atomic E-state index is 11.2. The van der Waals surface area contributed by atoms with Crippen LogP contribution in [0.25, 0.3) is 0 Å². The molecule has 1 fully saturated rings. The average molecular weight is 186 g/mol. The molecule has 0 spiro atoms.